The molecule has 2 aromatic carbocycles. The Bertz CT molecular complexity index is 900. The van der Waals surface area contributed by atoms with Crippen LogP contribution in [0.25, 0.3) is 10.6 Å². The van der Waals surface area contributed by atoms with Crippen LogP contribution >= 0.6 is 11.3 Å². The Labute approximate surface area is 161 Å². The van der Waals surface area contributed by atoms with Gasteiger partial charge in [0.1, 0.15) is 5.01 Å². The van der Waals surface area contributed by atoms with Gasteiger partial charge in [-0.05, 0) is 0 Å². The monoisotopic (exact) mass is 384 g/mol. The smallest absolute Gasteiger partial charge is 0.230 e. The number of nitrogens with one attached hydrogen (secondary N) is 1. The molecule has 3 aromatic rings. The van der Waals surface area contributed by atoms with Gasteiger partial charge in [0.15, 0.2) is 11.5 Å². The zero-order valence-electron chi connectivity index (χ0n) is 15.3. The lowest BCUT2D eigenvalue weighted by Crippen LogP contribution is -2.15. The third kappa shape index (κ3) is 4.38. The minimum absolute atomic E-state index is 0.172. The van der Waals surface area contributed by atoms with Gasteiger partial charge in [-0.1, -0.05) is 30.3 Å². The van der Waals surface area contributed by atoms with Gasteiger partial charge in [-0.3, -0.25) is 4.79 Å². The second-order valence-electron chi connectivity index (χ2n) is 5.65. The Kier molecular flexibility index (Phi) is 5.93. The van der Waals surface area contributed by atoms with E-state index in [1.54, 1.807) is 12.1 Å². The molecular weight excluding hydrogens is 364 g/mol. The summed E-state index contributed by atoms with van der Waals surface area (Å²) in [7, 11) is 4.59. The molecule has 6 nitrogen and oxygen atoms in total. The molecule has 0 aliphatic heterocycles. The molecule has 0 bridgehead atoms. The second kappa shape index (κ2) is 8.55. The molecule has 1 amide bonds. The topological polar surface area (TPSA) is 69.7 Å². The van der Waals surface area contributed by atoms with Crippen molar-refractivity contribution in [1.82, 2.24) is 4.98 Å². The normalized spacial score (nSPS) is 10.3. The Morgan fingerprint density at radius 2 is 1.70 bits per heavy atom. The zero-order valence-corrected chi connectivity index (χ0v) is 16.1. The van der Waals surface area contributed by atoms with Crippen molar-refractivity contribution in [2.45, 2.75) is 6.42 Å². The summed E-state index contributed by atoms with van der Waals surface area (Å²) in [6.07, 6.45) is 0.181. The predicted octanol–water partition coefficient (Wildman–Crippen LogP) is 4.02. The molecule has 0 atom stereocenters. The number of thiazole rings is 1. The molecule has 0 saturated heterocycles. The Hall–Kier alpha value is -3.06. The molecule has 0 fully saturated rings. The molecule has 3 rings (SSSR count). The van der Waals surface area contributed by atoms with E-state index in [4.69, 9.17) is 14.2 Å². The number of benzene rings is 2. The van der Waals surface area contributed by atoms with Gasteiger partial charge in [0, 0.05) is 28.8 Å². The fourth-order valence-corrected chi connectivity index (χ4v) is 3.45. The molecule has 0 spiro atoms. The summed E-state index contributed by atoms with van der Waals surface area (Å²) in [5.74, 6) is 1.26. The predicted molar refractivity (Wildman–Crippen MR) is 106 cm³/mol. The first kappa shape index (κ1) is 18.7. The maximum absolute atomic E-state index is 12.4. The van der Waals surface area contributed by atoms with E-state index in [0.717, 1.165) is 16.3 Å². The van der Waals surface area contributed by atoms with Gasteiger partial charge in [-0.2, -0.15) is 0 Å². The highest BCUT2D eigenvalue weighted by atomic mass is 32.1. The number of methoxy groups -OCH3 is 3. The average Bonchev–Trinajstić information content (AvgIpc) is 3.16. The van der Waals surface area contributed by atoms with Crippen LogP contribution in [0.5, 0.6) is 17.2 Å². The third-order valence-corrected chi connectivity index (χ3v) is 4.80. The van der Waals surface area contributed by atoms with Gasteiger partial charge in [-0.15, -0.1) is 11.3 Å². The minimum atomic E-state index is -0.172. The lowest BCUT2D eigenvalue weighted by Gasteiger charge is -2.14. The second-order valence-corrected chi connectivity index (χ2v) is 6.51. The molecule has 0 aliphatic carbocycles. The molecule has 27 heavy (non-hydrogen) atoms. The van der Waals surface area contributed by atoms with Crippen molar-refractivity contribution in [2.75, 3.05) is 26.6 Å². The van der Waals surface area contributed by atoms with Crippen LogP contribution in [0.1, 0.15) is 5.69 Å². The van der Waals surface area contributed by atoms with E-state index in [2.05, 4.69) is 10.3 Å². The van der Waals surface area contributed by atoms with E-state index < -0.39 is 0 Å². The van der Waals surface area contributed by atoms with Crippen LogP contribution in [-0.4, -0.2) is 32.2 Å². The summed E-state index contributed by atoms with van der Waals surface area (Å²) in [4.78, 5) is 17.0. The minimum Gasteiger partial charge on any atom is -0.493 e. The van der Waals surface area contributed by atoms with E-state index in [1.807, 2.05) is 35.7 Å². The molecule has 1 N–H and O–H groups in total. The van der Waals surface area contributed by atoms with E-state index >= 15 is 0 Å². The number of amides is 1. The molecular formula is C20H20N2O4S. The molecule has 1 aromatic heterocycles. The highest BCUT2D eigenvalue weighted by Gasteiger charge is 2.15. The first-order valence-electron chi connectivity index (χ1n) is 8.24. The lowest BCUT2D eigenvalue weighted by molar-refractivity contribution is -0.115. The maximum Gasteiger partial charge on any atom is 0.230 e. The highest BCUT2D eigenvalue weighted by molar-refractivity contribution is 7.13. The fraction of sp³-hybridized carbons (Fsp3) is 0.200. The molecule has 1 heterocycles. The van der Waals surface area contributed by atoms with Crippen LogP contribution in [0.15, 0.2) is 47.8 Å². The van der Waals surface area contributed by atoms with Crippen LogP contribution < -0.4 is 19.5 Å². The van der Waals surface area contributed by atoms with Crippen molar-refractivity contribution in [3.8, 4) is 27.8 Å². The van der Waals surface area contributed by atoms with Crippen molar-refractivity contribution in [3.05, 3.63) is 53.5 Å². The van der Waals surface area contributed by atoms with E-state index in [9.17, 15) is 4.79 Å². The fourth-order valence-electron chi connectivity index (χ4n) is 2.62. The van der Waals surface area contributed by atoms with Gasteiger partial charge in [0.2, 0.25) is 11.7 Å². The number of ether oxygens (including phenoxy) is 3. The van der Waals surface area contributed by atoms with Crippen LogP contribution in [0.3, 0.4) is 0 Å². The summed E-state index contributed by atoms with van der Waals surface area (Å²) in [6.45, 7) is 0. The van der Waals surface area contributed by atoms with Crippen LogP contribution in [0, 0.1) is 0 Å². The van der Waals surface area contributed by atoms with Crippen LogP contribution in [-0.2, 0) is 11.2 Å². The highest BCUT2D eigenvalue weighted by Crippen LogP contribution is 2.39. The van der Waals surface area contributed by atoms with Gasteiger partial charge < -0.3 is 19.5 Å². The lowest BCUT2D eigenvalue weighted by atomic mass is 10.2. The third-order valence-electron chi connectivity index (χ3n) is 3.86. The molecule has 0 radical (unpaired) electrons. The molecule has 140 valence electrons. The maximum atomic E-state index is 12.4. The average molecular weight is 384 g/mol. The summed E-state index contributed by atoms with van der Waals surface area (Å²) in [5.41, 5.74) is 2.33. The molecule has 7 heteroatoms. The first-order chi connectivity index (χ1) is 13.1. The van der Waals surface area contributed by atoms with Crippen molar-refractivity contribution in [1.29, 1.82) is 0 Å². The number of hydrogen-bond donors (Lipinski definition) is 1. The summed E-state index contributed by atoms with van der Waals surface area (Å²) in [6, 6.07) is 13.3. The van der Waals surface area contributed by atoms with Crippen LogP contribution in [0.2, 0.25) is 0 Å². The van der Waals surface area contributed by atoms with Crippen molar-refractivity contribution in [3.63, 3.8) is 0 Å². The molecule has 0 aliphatic rings. The standard InChI is InChI=1S/C20H20N2O4S/c1-24-16-9-14(10-17(25-2)19(16)26-3)21-18(23)11-15-12-27-20(22-15)13-7-5-4-6-8-13/h4-10,12H,11H2,1-3H3,(H,21,23). The van der Waals surface area contributed by atoms with E-state index in [-0.39, 0.29) is 12.3 Å². The van der Waals surface area contributed by atoms with Crippen molar-refractivity contribution < 1.29 is 19.0 Å². The number of nitrogens with zero attached hydrogens (tertiary/aromatic N) is 1. The van der Waals surface area contributed by atoms with Gasteiger partial charge in [0.05, 0.1) is 33.4 Å². The Morgan fingerprint density at radius 3 is 2.30 bits per heavy atom. The van der Waals surface area contributed by atoms with Gasteiger partial charge in [-0.25, -0.2) is 4.98 Å². The summed E-state index contributed by atoms with van der Waals surface area (Å²) < 4.78 is 15.9. The Morgan fingerprint density at radius 1 is 1.04 bits per heavy atom. The van der Waals surface area contributed by atoms with E-state index in [1.165, 1.54) is 32.7 Å². The Balaban J connectivity index is 1.72. The quantitative estimate of drug-likeness (QED) is 0.666. The number of aromatic nitrogens is 1. The van der Waals surface area contributed by atoms with E-state index in [0.29, 0.717) is 22.9 Å². The SMILES string of the molecule is COc1cc(NC(=O)Cc2csc(-c3ccccc3)n2)cc(OC)c1OC. The summed E-state index contributed by atoms with van der Waals surface area (Å²) in [5, 5.41) is 5.64. The molecule has 0 unspecified atom stereocenters. The summed E-state index contributed by atoms with van der Waals surface area (Å²) >= 11 is 1.52. The number of carbonyl (C=O) groups is 1. The van der Waals surface area contributed by atoms with Gasteiger partial charge in [0.25, 0.3) is 0 Å². The first-order valence-corrected chi connectivity index (χ1v) is 9.12. The number of hydrogen-bond acceptors (Lipinski definition) is 6. The van der Waals surface area contributed by atoms with Crippen LogP contribution in [0.4, 0.5) is 5.69 Å². The molecule has 0 saturated carbocycles. The van der Waals surface area contributed by atoms with Gasteiger partial charge >= 0.3 is 0 Å². The van der Waals surface area contributed by atoms with Crippen molar-refractivity contribution >= 4 is 22.9 Å². The number of carbonyl (C=O) groups excluding carboxylic acids is 1. The largest absolute Gasteiger partial charge is 0.493 e. The number of rotatable bonds is 7. The number of anilines is 1. The van der Waals surface area contributed by atoms with Crippen molar-refractivity contribution in [2.24, 2.45) is 0 Å². The zero-order chi connectivity index (χ0) is 19.2.